The lowest BCUT2D eigenvalue weighted by molar-refractivity contribution is 1.03. The number of anilines is 1. The second-order valence-corrected chi connectivity index (χ2v) is 7.28. The first kappa shape index (κ1) is 17.2. The van der Waals surface area contributed by atoms with Crippen molar-refractivity contribution in [3.63, 3.8) is 0 Å². The normalized spacial score (nSPS) is 11.4. The van der Waals surface area contributed by atoms with Gasteiger partial charge in [-0.2, -0.15) is 0 Å². The zero-order valence-corrected chi connectivity index (χ0v) is 15.9. The fraction of sp³-hybridized carbons (Fsp3) is 0.143. The molecule has 0 saturated carbocycles. The van der Waals surface area contributed by atoms with Gasteiger partial charge in [0.25, 0.3) is 0 Å². The number of H-pyrrole nitrogens is 1. The zero-order valence-electron chi connectivity index (χ0n) is 14.4. The summed E-state index contributed by atoms with van der Waals surface area (Å²) in [5.41, 5.74) is 12.3. The Morgan fingerprint density at radius 3 is 2.31 bits per heavy atom. The molecule has 0 aliphatic rings. The van der Waals surface area contributed by atoms with Crippen LogP contribution in [0.2, 0.25) is 10.0 Å². The molecule has 4 N–H and O–H groups in total. The largest absolute Gasteiger partial charge is 0.383 e. The molecule has 0 fully saturated rings. The maximum atomic E-state index is 6.23. The quantitative estimate of drug-likeness (QED) is 0.406. The van der Waals surface area contributed by atoms with Gasteiger partial charge in [-0.1, -0.05) is 53.0 Å². The van der Waals surface area contributed by atoms with Crippen molar-refractivity contribution in [3.8, 4) is 11.1 Å². The first-order valence-corrected chi connectivity index (χ1v) is 9.28. The summed E-state index contributed by atoms with van der Waals surface area (Å²) in [7, 11) is 0. The smallest absolute Gasteiger partial charge is 0.0613 e. The molecule has 0 amide bonds. The van der Waals surface area contributed by atoms with E-state index in [4.69, 9.17) is 28.9 Å². The van der Waals surface area contributed by atoms with Crippen LogP contribution in [0.4, 0.5) is 5.69 Å². The molecule has 4 rings (SSSR count). The lowest BCUT2D eigenvalue weighted by Crippen LogP contribution is -2.13. The van der Waals surface area contributed by atoms with E-state index in [1.807, 2.05) is 12.1 Å². The molecule has 5 heteroatoms. The van der Waals surface area contributed by atoms with Gasteiger partial charge in [-0.05, 0) is 36.8 Å². The summed E-state index contributed by atoms with van der Waals surface area (Å²) in [5, 5.41) is 6.71. The third kappa shape index (κ3) is 3.03. The second kappa shape index (κ2) is 6.84. The van der Waals surface area contributed by atoms with Gasteiger partial charge in [-0.15, -0.1) is 0 Å². The molecule has 0 bridgehead atoms. The van der Waals surface area contributed by atoms with Gasteiger partial charge in [0, 0.05) is 46.1 Å². The molecule has 0 aliphatic carbocycles. The predicted octanol–water partition coefficient (Wildman–Crippen LogP) is 5.97. The van der Waals surface area contributed by atoms with E-state index in [0.29, 0.717) is 23.1 Å². The van der Waals surface area contributed by atoms with Crippen LogP contribution in [0.25, 0.3) is 32.9 Å². The Kier molecular flexibility index (Phi) is 4.53. The SMILES string of the molecule is Cc1ccc(-c2cc3[nH]c4cc(Cl)c(Cl)cc4c3cc2NCCN)cc1. The van der Waals surface area contributed by atoms with Crippen LogP contribution in [0.5, 0.6) is 0 Å². The topological polar surface area (TPSA) is 53.8 Å². The molecule has 0 saturated heterocycles. The van der Waals surface area contributed by atoms with E-state index in [1.54, 1.807) is 0 Å². The molecule has 0 atom stereocenters. The van der Waals surface area contributed by atoms with E-state index in [9.17, 15) is 0 Å². The molecular formula is C21H19Cl2N3. The molecule has 26 heavy (non-hydrogen) atoms. The molecule has 4 aromatic rings. The fourth-order valence-corrected chi connectivity index (χ4v) is 3.60. The van der Waals surface area contributed by atoms with E-state index >= 15 is 0 Å². The van der Waals surface area contributed by atoms with Crippen molar-refractivity contribution in [1.82, 2.24) is 4.98 Å². The van der Waals surface area contributed by atoms with Crippen LogP contribution in [0.3, 0.4) is 0 Å². The number of halogens is 2. The van der Waals surface area contributed by atoms with Gasteiger partial charge in [0.1, 0.15) is 0 Å². The standard InChI is InChI=1S/C21H19Cl2N3/c1-12-2-4-13(5-3-12)14-9-20-16(10-19(14)25-7-6-24)15-8-17(22)18(23)11-21(15)26-20/h2-5,8-11,25-26H,6-7,24H2,1H3. The van der Waals surface area contributed by atoms with Crippen LogP contribution >= 0.6 is 23.2 Å². The van der Waals surface area contributed by atoms with Gasteiger partial charge >= 0.3 is 0 Å². The van der Waals surface area contributed by atoms with Crippen LogP contribution in [-0.4, -0.2) is 18.1 Å². The summed E-state index contributed by atoms with van der Waals surface area (Å²) in [6.07, 6.45) is 0. The van der Waals surface area contributed by atoms with Gasteiger partial charge in [0.15, 0.2) is 0 Å². The minimum atomic E-state index is 0.547. The first-order valence-electron chi connectivity index (χ1n) is 8.52. The minimum absolute atomic E-state index is 0.547. The molecule has 3 aromatic carbocycles. The van der Waals surface area contributed by atoms with Crippen molar-refractivity contribution in [2.24, 2.45) is 5.73 Å². The highest BCUT2D eigenvalue weighted by Crippen LogP contribution is 2.38. The highest BCUT2D eigenvalue weighted by Gasteiger charge is 2.13. The highest BCUT2D eigenvalue weighted by molar-refractivity contribution is 6.43. The number of benzene rings is 3. The van der Waals surface area contributed by atoms with Crippen molar-refractivity contribution in [3.05, 3.63) is 64.1 Å². The number of hydrogen-bond donors (Lipinski definition) is 3. The van der Waals surface area contributed by atoms with Crippen molar-refractivity contribution in [1.29, 1.82) is 0 Å². The Balaban J connectivity index is 1.97. The van der Waals surface area contributed by atoms with E-state index in [0.717, 1.165) is 38.6 Å². The van der Waals surface area contributed by atoms with Gasteiger partial charge in [-0.3, -0.25) is 0 Å². The average molecular weight is 384 g/mol. The van der Waals surface area contributed by atoms with Crippen LogP contribution in [-0.2, 0) is 0 Å². The lowest BCUT2D eigenvalue weighted by Gasteiger charge is -2.13. The van der Waals surface area contributed by atoms with E-state index in [2.05, 4.69) is 53.6 Å². The predicted molar refractivity (Wildman–Crippen MR) is 114 cm³/mol. The third-order valence-corrected chi connectivity index (χ3v) is 5.32. The summed E-state index contributed by atoms with van der Waals surface area (Å²) in [6, 6.07) is 16.6. The lowest BCUT2D eigenvalue weighted by atomic mass is 10.00. The van der Waals surface area contributed by atoms with Crippen LogP contribution in [0.1, 0.15) is 5.56 Å². The van der Waals surface area contributed by atoms with Crippen LogP contribution < -0.4 is 11.1 Å². The van der Waals surface area contributed by atoms with Gasteiger partial charge in [0.2, 0.25) is 0 Å². The average Bonchev–Trinajstić information content (AvgIpc) is 2.96. The van der Waals surface area contributed by atoms with Crippen LogP contribution in [0, 0.1) is 6.92 Å². The number of nitrogens with one attached hydrogen (secondary N) is 2. The van der Waals surface area contributed by atoms with Gasteiger partial charge in [0.05, 0.1) is 10.0 Å². The Morgan fingerprint density at radius 2 is 1.58 bits per heavy atom. The Hall–Kier alpha value is -2.20. The Morgan fingerprint density at radius 1 is 0.923 bits per heavy atom. The molecule has 3 nitrogen and oxygen atoms in total. The Labute approximate surface area is 162 Å². The van der Waals surface area contributed by atoms with Crippen LogP contribution in [0.15, 0.2) is 48.5 Å². The summed E-state index contributed by atoms with van der Waals surface area (Å²) < 4.78 is 0. The minimum Gasteiger partial charge on any atom is -0.383 e. The number of aromatic amines is 1. The Bertz CT molecular complexity index is 1100. The summed E-state index contributed by atoms with van der Waals surface area (Å²) >= 11 is 12.4. The molecule has 0 spiro atoms. The number of aromatic nitrogens is 1. The van der Waals surface area contributed by atoms with Gasteiger partial charge in [-0.25, -0.2) is 0 Å². The fourth-order valence-electron chi connectivity index (χ4n) is 3.27. The number of nitrogens with two attached hydrogens (primary N) is 1. The van der Waals surface area contributed by atoms with Crippen molar-refractivity contribution < 1.29 is 0 Å². The van der Waals surface area contributed by atoms with Crippen molar-refractivity contribution in [2.45, 2.75) is 6.92 Å². The number of fused-ring (bicyclic) bond motifs is 3. The third-order valence-electron chi connectivity index (χ3n) is 4.60. The summed E-state index contributed by atoms with van der Waals surface area (Å²) in [6.45, 7) is 3.37. The van der Waals surface area contributed by atoms with E-state index in [1.165, 1.54) is 5.56 Å². The monoisotopic (exact) mass is 383 g/mol. The highest BCUT2D eigenvalue weighted by atomic mass is 35.5. The first-order chi connectivity index (χ1) is 12.6. The molecular weight excluding hydrogens is 365 g/mol. The van der Waals surface area contributed by atoms with Gasteiger partial charge < -0.3 is 16.0 Å². The van der Waals surface area contributed by atoms with Crippen molar-refractivity contribution in [2.75, 3.05) is 18.4 Å². The van der Waals surface area contributed by atoms with Crippen molar-refractivity contribution >= 4 is 50.7 Å². The molecule has 132 valence electrons. The van der Waals surface area contributed by atoms with E-state index in [-0.39, 0.29) is 0 Å². The molecule has 1 aromatic heterocycles. The molecule has 0 aliphatic heterocycles. The summed E-state index contributed by atoms with van der Waals surface area (Å²) in [5.74, 6) is 0. The maximum Gasteiger partial charge on any atom is 0.0613 e. The molecule has 1 heterocycles. The molecule has 0 radical (unpaired) electrons. The maximum absolute atomic E-state index is 6.23. The number of rotatable bonds is 4. The summed E-state index contributed by atoms with van der Waals surface area (Å²) in [4.78, 5) is 3.46. The number of hydrogen-bond acceptors (Lipinski definition) is 2. The van der Waals surface area contributed by atoms with E-state index < -0.39 is 0 Å². The zero-order chi connectivity index (χ0) is 18.3. The second-order valence-electron chi connectivity index (χ2n) is 6.46. The molecule has 0 unspecified atom stereocenters. The number of aryl methyl sites for hydroxylation is 1.